The summed E-state index contributed by atoms with van der Waals surface area (Å²) in [7, 11) is 2.22. The smallest absolute Gasteiger partial charge is 0.210 e. The molecular formula is C17H32N2O. The van der Waals surface area contributed by atoms with Crippen molar-refractivity contribution >= 4 is 6.41 Å². The fourth-order valence-corrected chi connectivity index (χ4v) is 4.38. The van der Waals surface area contributed by atoms with Gasteiger partial charge in [0.05, 0.1) is 0 Å². The van der Waals surface area contributed by atoms with Crippen molar-refractivity contribution in [1.29, 1.82) is 0 Å². The Morgan fingerprint density at radius 1 is 0.950 bits per heavy atom. The first-order valence-corrected chi connectivity index (χ1v) is 8.24. The lowest BCUT2D eigenvalue weighted by Crippen LogP contribution is -2.63. The Balaban J connectivity index is 2.15. The van der Waals surface area contributed by atoms with Crippen molar-refractivity contribution in [3.05, 3.63) is 0 Å². The lowest BCUT2D eigenvalue weighted by Gasteiger charge is -2.56. The van der Waals surface area contributed by atoms with E-state index in [1.165, 1.54) is 32.1 Å². The molecule has 116 valence electrons. The standard InChI is InChI=1S/C17H32N2O/c1-16(2)11-15(12-17(3,4)18(16)5)19(13-20)14-9-7-6-8-10-14/h13-15H,6-12H2,1-5H3. The van der Waals surface area contributed by atoms with Crippen LogP contribution in [0.25, 0.3) is 0 Å². The van der Waals surface area contributed by atoms with Crippen molar-refractivity contribution in [3.8, 4) is 0 Å². The van der Waals surface area contributed by atoms with Crippen molar-refractivity contribution in [1.82, 2.24) is 9.80 Å². The van der Waals surface area contributed by atoms with Crippen molar-refractivity contribution < 1.29 is 4.79 Å². The van der Waals surface area contributed by atoms with Crippen LogP contribution in [0.3, 0.4) is 0 Å². The molecule has 2 rings (SSSR count). The van der Waals surface area contributed by atoms with Crippen LogP contribution in [0.1, 0.15) is 72.6 Å². The molecule has 0 aromatic rings. The molecule has 0 N–H and O–H groups in total. The highest BCUT2D eigenvalue weighted by molar-refractivity contribution is 5.49. The predicted octanol–water partition coefficient (Wildman–Crippen LogP) is 3.43. The number of likely N-dealkylation sites (tertiary alicyclic amines) is 1. The summed E-state index contributed by atoms with van der Waals surface area (Å²) in [4.78, 5) is 16.4. The van der Waals surface area contributed by atoms with Gasteiger partial charge in [-0.3, -0.25) is 9.69 Å². The van der Waals surface area contributed by atoms with Gasteiger partial charge in [-0.2, -0.15) is 0 Å². The van der Waals surface area contributed by atoms with E-state index in [9.17, 15) is 4.79 Å². The van der Waals surface area contributed by atoms with Crippen LogP contribution in [0.15, 0.2) is 0 Å². The second-order valence-corrected chi connectivity index (χ2v) is 8.09. The molecule has 1 saturated carbocycles. The topological polar surface area (TPSA) is 23.6 Å². The quantitative estimate of drug-likeness (QED) is 0.740. The van der Waals surface area contributed by atoms with Crippen LogP contribution in [0.5, 0.6) is 0 Å². The van der Waals surface area contributed by atoms with E-state index in [1.807, 2.05) is 0 Å². The summed E-state index contributed by atoms with van der Waals surface area (Å²) in [6.45, 7) is 9.24. The van der Waals surface area contributed by atoms with Crippen LogP contribution in [0.2, 0.25) is 0 Å². The highest BCUT2D eigenvalue weighted by atomic mass is 16.1. The van der Waals surface area contributed by atoms with Gasteiger partial charge in [0.25, 0.3) is 0 Å². The zero-order chi connectivity index (χ0) is 15.0. The van der Waals surface area contributed by atoms with E-state index in [0.717, 1.165) is 19.3 Å². The molecule has 2 fully saturated rings. The number of carbonyl (C=O) groups is 1. The number of piperidine rings is 1. The van der Waals surface area contributed by atoms with Crippen LogP contribution in [0.4, 0.5) is 0 Å². The predicted molar refractivity (Wildman–Crippen MR) is 83.7 cm³/mol. The minimum Gasteiger partial charge on any atom is -0.339 e. The average molecular weight is 280 g/mol. The minimum absolute atomic E-state index is 0.155. The average Bonchev–Trinajstić information content (AvgIpc) is 2.37. The minimum atomic E-state index is 0.155. The molecule has 1 heterocycles. The number of rotatable bonds is 3. The van der Waals surface area contributed by atoms with E-state index in [4.69, 9.17) is 0 Å². The van der Waals surface area contributed by atoms with E-state index < -0.39 is 0 Å². The third-order valence-electron chi connectivity index (χ3n) is 5.83. The van der Waals surface area contributed by atoms with Gasteiger partial charge in [-0.15, -0.1) is 0 Å². The van der Waals surface area contributed by atoms with E-state index >= 15 is 0 Å². The van der Waals surface area contributed by atoms with E-state index in [1.54, 1.807) is 0 Å². The molecule has 0 aromatic carbocycles. The highest BCUT2D eigenvalue weighted by Gasteiger charge is 2.45. The van der Waals surface area contributed by atoms with Gasteiger partial charge in [0.15, 0.2) is 0 Å². The van der Waals surface area contributed by atoms with Gasteiger partial charge >= 0.3 is 0 Å². The summed E-state index contributed by atoms with van der Waals surface area (Å²) in [5.41, 5.74) is 0.310. The van der Waals surface area contributed by atoms with Crippen molar-refractivity contribution in [2.45, 2.75) is 95.8 Å². The molecule has 0 bridgehead atoms. The van der Waals surface area contributed by atoms with Crippen molar-refractivity contribution in [2.75, 3.05) is 7.05 Å². The Bertz CT molecular complexity index is 327. The van der Waals surface area contributed by atoms with Gasteiger partial charge < -0.3 is 4.90 Å². The van der Waals surface area contributed by atoms with Gasteiger partial charge in [-0.25, -0.2) is 0 Å². The Hall–Kier alpha value is -0.570. The zero-order valence-electron chi connectivity index (χ0n) is 14.0. The maximum absolute atomic E-state index is 11.7. The number of hydrogen-bond acceptors (Lipinski definition) is 2. The summed E-state index contributed by atoms with van der Waals surface area (Å²) >= 11 is 0. The molecule has 0 atom stereocenters. The van der Waals surface area contributed by atoms with Crippen LogP contribution < -0.4 is 0 Å². The number of carbonyl (C=O) groups excluding carboxylic acids is 1. The second-order valence-electron chi connectivity index (χ2n) is 8.09. The molecule has 3 heteroatoms. The summed E-state index contributed by atoms with van der Waals surface area (Å²) in [5, 5.41) is 0. The second kappa shape index (κ2) is 5.67. The molecule has 0 unspecified atom stereocenters. The molecule has 1 amide bonds. The molecule has 3 nitrogen and oxygen atoms in total. The Labute approximate surface area is 124 Å². The largest absolute Gasteiger partial charge is 0.339 e. The zero-order valence-corrected chi connectivity index (χ0v) is 14.0. The first-order chi connectivity index (χ1) is 9.28. The normalized spacial score (nSPS) is 28.2. The third-order valence-corrected chi connectivity index (χ3v) is 5.83. The van der Waals surface area contributed by atoms with Gasteiger partial charge in [0.1, 0.15) is 0 Å². The van der Waals surface area contributed by atoms with E-state index in [2.05, 4.69) is 44.5 Å². The Morgan fingerprint density at radius 3 is 1.90 bits per heavy atom. The molecule has 2 aliphatic rings. The number of amides is 1. The summed E-state index contributed by atoms with van der Waals surface area (Å²) in [5.74, 6) is 0. The summed E-state index contributed by atoms with van der Waals surface area (Å²) in [6, 6.07) is 0.887. The molecule has 0 spiro atoms. The Morgan fingerprint density at radius 2 is 1.45 bits per heavy atom. The Kier molecular flexibility index (Phi) is 4.48. The molecular weight excluding hydrogens is 248 g/mol. The maximum atomic E-state index is 11.7. The SMILES string of the molecule is CN1C(C)(C)CC(N(C=O)C2CCCCC2)CC1(C)C. The first kappa shape index (κ1) is 15.8. The van der Waals surface area contributed by atoms with Crippen LogP contribution in [0, 0.1) is 0 Å². The number of hydrogen-bond donors (Lipinski definition) is 0. The van der Waals surface area contributed by atoms with Crippen molar-refractivity contribution in [3.63, 3.8) is 0 Å². The molecule has 20 heavy (non-hydrogen) atoms. The van der Waals surface area contributed by atoms with Gasteiger partial charge in [-0.05, 0) is 60.4 Å². The van der Waals surface area contributed by atoms with Gasteiger partial charge in [0.2, 0.25) is 6.41 Å². The lowest BCUT2D eigenvalue weighted by molar-refractivity contribution is -0.129. The van der Waals surface area contributed by atoms with Gasteiger partial charge in [0, 0.05) is 23.2 Å². The van der Waals surface area contributed by atoms with Crippen LogP contribution in [-0.2, 0) is 4.79 Å². The van der Waals surface area contributed by atoms with E-state index in [-0.39, 0.29) is 11.1 Å². The summed E-state index contributed by atoms with van der Waals surface area (Å²) < 4.78 is 0. The molecule has 1 aliphatic heterocycles. The fourth-order valence-electron chi connectivity index (χ4n) is 4.38. The van der Waals surface area contributed by atoms with Crippen molar-refractivity contribution in [2.24, 2.45) is 0 Å². The lowest BCUT2D eigenvalue weighted by atomic mass is 9.76. The molecule has 1 aliphatic carbocycles. The molecule has 0 aromatic heterocycles. The fraction of sp³-hybridized carbons (Fsp3) is 0.941. The first-order valence-electron chi connectivity index (χ1n) is 8.24. The van der Waals surface area contributed by atoms with E-state index in [0.29, 0.717) is 12.1 Å². The van der Waals surface area contributed by atoms with Gasteiger partial charge in [-0.1, -0.05) is 19.3 Å². The number of nitrogens with zero attached hydrogens (tertiary/aromatic N) is 2. The summed E-state index contributed by atoms with van der Waals surface area (Å²) in [6.07, 6.45) is 9.62. The maximum Gasteiger partial charge on any atom is 0.210 e. The molecule has 1 saturated heterocycles. The van der Waals surface area contributed by atoms with Crippen LogP contribution >= 0.6 is 0 Å². The van der Waals surface area contributed by atoms with Crippen LogP contribution in [-0.4, -0.2) is 46.4 Å². The highest BCUT2D eigenvalue weighted by Crippen LogP contribution is 2.40. The third kappa shape index (κ3) is 3.03. The monoisotopic (exact) mass is 280 g/mol. The molecule has 0 radical (unpaired) electrons.